The Morgan fingerprint density at radius 1 is 1.07 bits per heavy atom. The number of amides is 1. The smallest absolute Gasteiger partial charge is 0.290 e. The van der Waals surface area contributed by atoms with Crippen LogP contribution in [0.15, 0.2) is 0 Å². The fraction of sp³-hybridized carbons (Fsp3) is 0.800. The average Bonchev–Trinajstić information content (AvgIpc) is 2.27. The molecule has 0 aromatic rings. The number of ketones is 1. The second-order valence-corrected chi connectivity index (χ2v) is 3.50. The van der Waals surface area contributed by atoms with Crippen LogP contribution in [0.3, 0.4) is 0 Å². The lowest BCUT2D eigenvalue weighted by Crippen LogP contribution is -2.50. The third-order valence-corrected chi connectivity index (χ3v) is 2.67. The van der Waals surface area contributed by atoms with Crippen molar-refractivity contribution in [2.75, 3.05) is 32.7 Å². The number of nitrogens with zero attached hydrogens (tertiary/aromatic N) is 2. The molecule has 1 aliphatic rings. The van der Waals surface area contributed by atoms with E-state index < -0.39 is 0 Å². The van der Waals surface area contributed by atoms with Crippen LogP contribution >= 0.6 is 0 Å². The highest BCUT2D eigenvalue weighted by Gasteiger charge is 2.23. The van der Waals surface area contributed by atoms with Crippen LogP contribution in [0.1, 0.15) is 20.3 Å². The SMILES string of the molecule is CCC(=O)C(=O)N1CCN(CC)CC1. The largest absolute Gasteiger partial charge is 0.334 e. The fourth-order valence-electron chi connectivity index (χ4n) is 1.59. The molecule has 0 aromatic heterocycles. The Hall–Kier alpha value is -0.900. The summed E-state index contributed by atoms with van der Waals surface area (Å²) in [4.78, 5) is 26.6. The Kier molecular flexibility index (Phi) is 4.07. The Labute approximate surface area is 84.9 Å². The monoisotopic (exact) mass is 198 g/mol. The van der Waals surface area contributed by atoms with Gasteiger partial charge in [0.15, 0.2) is 0 Å². The van der Waals surface area contributed by atoms with E-state index in [-0.39, 0.29) is 11.7 Å². The predicted octanol–water partition coefficient (Wildman–Crippen LogP) is 0.130. The minimum Gasteiger partial charge on any atom is -0.334 e. The third kappa shape index (κ3) is 2.54. The van der Waals surface area contributed by atoms with Crippen LogP contribution in [0.2, 0.25) is 0 Å². The maximum absolute atomic E-state index is 11.5. The van der Waals surface area contributed by atoms with Gasteiger partial charge in [-0.15, -0.1) is 0 Å². The van der Waals surface area contributed by atoms with E-state index in [2.05, 4.69) is 11.8 Å². The molecule has 1 amide bonds. The first-order valence-electron chi connectivity index (χ1n) is 5.23. The van der Waals surface area contributed by atoms with E-state index in [1.54, 1.807) is 11.8 Å². The van der Waals surface area contributed by atoms with Crippen molar-refractivity contribution in [3.63, 3.8) is 0 Å². The molecule has 14 heavy (non-hydrogen) atoms. The zero-order valence-corrected chi connectivity index (χ0v) is 8.95. The molecule has 80 valence electrons. The topological polar surface area (TPSA) is 40.6 Å². The van der Waals surface area contributed by atoms with Crippen molar-refractivity contribution in [3.05, 3.63) is 0 Å². The molecule has 0 aromatic carbocycles. The number of hydrogen-bond donors (Lipinski definition) is 0. The van der Waals surface area contributed by atoms with Crippen LogP contribution in [0.4, 0.5) is 0 Å². The summed E-state index contributed by atoms with van der Waals surface area (Å²) in [5.74, 6) is -0.571. The molecule has 4 nitrogen and oxygen atoms in total. The van der Waals surface area contributed by atoms with Gasteiger partial charge in [0.2, 0.25) is 5.78 Å². The van der Waals surface area contributed by atoms with Gasteiger partial charge < -0.3 is 9.80 Å². The molecule has 1 fully saturated rings. The summed E-state index contributed by atoms with van der Waals surface area (Å²) >= 11 is 0. The van der Waals surface area contributed by atoms with Gasteiger partial charge in [-0.1, -0.05) is 13.8 Å². The number of hydrogen-bond acceptors (Lipinski definition) is 3. The van der Waals surface area contributed by atoms with E-state index in [0.29, 0.717) is 19.5 Å². The van der Waals surface area contributed by atoms with E-state index in [1.807, 2.05) is 0 Å². The van der Waals surface area contributed by atoms with E-state index in [4.69, 9.17) is 0 Å². The Balaban J connectivity index is 2.41. The molecule has 0 N–H and O–H groups in total. The second-order valence-electron chi connectivity index (χ2n) is 3.50. The summed E-state index contributed by atoms with van der Waals surface area (Å²) < 4.78 is 0. The van der Waals surface area contributed by atoms with Crippen molar-refractivity contribution >= 4 is 11.7 Å². The minimum atomic E-state index is -0.303. The quantitative estimate of drug-likeness (QED) is 0.605. The molecule has 0 bridgehead atoms. The van der Waals surface area contributed by atoms with Crippen LogP contribution in [0.5, 0.6) is 0 Å². The summed E-state index contributed by atoms with van der Waals surface area (Å²) in [6.45, 7) is 8.01. The Morgan fingerprint density at radius 3 is 2.07 bits per heavy atom. The number of carbonyl (C=O) groups excluding carboxylic acids is 2. The molecule has 0 unspecified atom stereocenters. The van der Waals surface area contributed by atoms with E-state index in [9.17, 15) is 9.59 Å². The zero-order chi connectivity index (χ0) is 10.6. The van der Waals surface area contributed by atoms with Crippen molar-refractivity contribution in [2.24, 2.45) is 0 Å². The molecule has 0 radical (unpaired) electrons. The van der Waals surface area contributed by atoms with Crippen LogP contribution in [-0.4, -0.2) is 54.2 Å². The van der Waals surface area contributed by atoms with Gasteiger partial charge in [-0.3, -0.25) is 9.59 Å². The van der Waals surface area contributed by atoms with Crippen LogP contribution in [-0.2, 0) is 9.59 Å². The Morgan fingerprint density at radius 2 is 1.64 bits per heavy atom. The summed E-state index contributed by atoms with van der Waals surface area (Å²) in [6, 6.07) is 0. The van der Waals surface area contributed by atoms with Gasteiger partial charge in [0.25, 0.3) is 5.91 Å². The number of piperazine rings is 1. The maximum atomic E-state index is 11.5. The minimum absolute atomic E-state index is 0.269. The van der Waals surface area contributed by atoms with E-state index in [1.165, 1.54) is 0 Å². The molecule has 0 aliphatic carbocycles. The first-order valence-corrected chi connectivity index (χ1v) is 5.23. The van der Waals surface area contributed by atoms with Gasteiger partial charge in [-0.2, -0.15) is 0 Å². The van der Waals surface area contributed by atoms with Crippen molar-refractivity contribution in [2.45, 2.75) is 20.3 Å². The fourth-order valence-corrected chi connectivity index (χ4v) is 1.59. The van der Waals surface area contributed by atoms with Gasteiger partial charge in [-0.25, -0.2) is 0 Å². The van der Waals surface area contributed by atoms with Crippen LogP contribution in [0, 0.1) is 0 Å². The van der Waals surface area contributed by atoms with Crippen LogP contribution in [0.25, 0.3) is 0 Å². The van der Waals surface area contributed by atoms with Gasteiger partial charge >= 0.3 is 0 Å². The number of carbonyl (C=O) groups is 2. The first kappa shape index (κ1) is 11.2. The van der Waals surface area contributed by atoms with Gasteiger partial charge in [0.05, 0.1) is 0 Å². The Bertz CT molecular complexity index is 220. The lowest BCUT2D eigenvalue weighted by atomic mass is 10.2. The second kappa shape index (κ2) is 5.10. The molecular weight excluding hydrogens is 180 g/mol. The molecule has 0 atom stereocenters. The highest BCUT2D eigenvalue weighted by Crippen LogP contribution is 2.02. The molecule has 1 rings (SSSR count). The molecule has 4 heteroatoms. The molecular formula is C10H18N2O2. The summed E-state index contributed by atoms with van der Waals surface area (Å²) in [6.07, 6.45) is 0.312. The first-order chi connectivity index (χ1) is 6.69. The standard InChI is InChI=1S/C10H18N2O2/c1-3-9(13)10(14)12-7-5-11(4-2)6-8-12/h3-8H2,1-2H3. The summed E-state index contributed by atoms with van der Waals surface area (Å²) in [5, 5.41) is 0. The van der Waals surface area contributed by atoms with E-state index >= 15 is 0 Å². The van der Waals surface area contributed by atoms with Gasteiger partial charge in [-0.05, 0) is 6.54 Å². The molecule has 1 heterocycles. The molecule has 0 saturated carbocycles. The van der Waals surface area contributed by atoms with E-state index in [0.717, 1.165) is 19.6 Å². The molecule has 1 aliphatic heterocycles. The predicted molar refractivity (Wildman–Crippen MR) is 54.0 cm³/mol. The lowest BCUT2D eigenvalue weighted by molar-refractivity contribution is -0.145. The van der Waals surface area contributed by atoms with Crippen molar-refractivity contribution < 1.29 is 9.59 Å². The van der Waals surface area contributed by atoms with Crippen molar-refractivity contribution in [3.8, 4) is 0 Å². The molecule has 1 saturated heterocycles. The van der Waals surface area contributed by atoms with Crippen molar-refractivity contribution in [1.29, 1.82) is 0 Å². The van der Waals surface area contributed by atoms with Gasteiger partial charge in [0, 0.05) is 32.6 Å². The van der Waals surface area contributed by atoms with Crippen molar-refractivity contribution in [1.82, 2.24) is 9.80 Å². The van der Waals surface area contributed by atoms with Crippen LogP contribution < -0.4 is 0 Å². The average molecular weight is 198 g/mol. The maximum Gasteiger partial charge on any atom is 0.290 e. The molecule has 0 spiro atoms. The third-order valence-electron chi connectivity index (χ3n) is 2.67. The number of rotatable bonds is 3. The highest BCUT2D eigenvalue weighted by atomic mass is 16.2. The number of Topliss-reactive ketones (excluding diaryl/α,β-unsaturated/α-hetero) is 1. The lowest BCUT2D eigenvalue weighted by Gasteiger charge is -2.33. The number of likely N-dealkylation sites (N-methyl/N-ethyl adjacent to an activating group) is 1. The zero-order valence-electron chi connectivity index (χ0n) is 8.95. The summed E-state index contributed by atoms with van der Waals surface area (Å²) in [5.41, 5.74) is 0. The van der Waals surface area contributed by atoms with Gasteiger partial charge in [0.1, 0.15) is 0 Å². The highest BCUT2D eigenvalue weighted by molar-refractivity contribution is 6.35. The summed E-state index contributed by atoms with van der Waals surface area (Å²) in [7, 11) is 0. The normalized spacial score (nSPS) is 18.3.